The Kier molecular flexibility index (Phi) is 13.6. The smallest absolute Gasteiger partial charge is 0.333 e. The summed E-state index contributed by atoms with van der Waals surface area (Å²) >= 11 is 0. The Morgan fingerprint density at radius 3 is 2.52 bits per heavy atom. The fraction of sp³-hybridized carbons (Fsp3) is 0.636. The van der Waals surface area contributed by atoms with Gasteiger partial charge in [-0.05, 0) is 68.4 Å². The molecule has 276 valence electrons. The number of fused-ring (bicyclic) bond motifs is 1. The number of amides is 4. The van der Waals surface area contributed by atoms with Crippen molar-refractivity contribution in [1.82, 2.24) is 20.0 Å². The monoisotopic (exact) mass is 718 g/mol. The number of hydrogen-bond acceptors (Lipinski definition) is 10. The molecule has 4 atom stereocenters. The molecule has 17 heteroatoms. The first-order chi connectivity index (χ1) is 23.8. The molecule has 3 aliphatic rings. The van der Waals surface area contributed by atoms with E-state index in [-0.39, 0.29) is 61.5 Å². The number of aliphatic imine (C=N–C) groups is 1. The zero-order chi connectivity index (χ0) is 36.4. The summed E-state index contributed by atoms with van der Waals surface area (Å²) in [5.74, 6) is -2.19. The molecule has 2 fully saturated rings. The van der Waals surface area contributed by atoms with Crippen molar-refractivity contribution in [3.8, 4) is 0 Å². The molecule has 2 saturated heterocycles. The van der Waals surface area contributed by atoms with Crippen molar-refractivity contribution in [3.63, 3.8) is 0 Å². The van der Waals surface area contributed by atoms with Gasteiger partial charge in [-0.1, -0.05) is 32.4 Å². The van der Waals surface area contributed by atoms with Crippen LogP contribution in [0.3, 0.4) is 0 Å². The largest absolute Gasteiger partial charge is 0.383 e. The molecule has 1 aromatic carbocycles. The normalized spacial score (nSPS) is 21.2. The Morgan fingerprint density at radius 2 is 1.80 bits per heavy atom. The summed E-state index contributed by atoms with van der Waals surface area (Å²) < 4.78 is 30.3. The lowest BCUT2D eigenvalue weighted by atomic mass is 9.91. The van der Waals surface area contributed by atoms with Gasteiger partial charge in [0.15, 0.2) is 5.96 Å². The average molecular weight is 719 g/mol. The molecular weight excluding hydrogens is 668 g/mol. The molecule has 3 unspecified atom stereocenters. The number of guanidine groups is 1. The number of hydroxylamine groups is 2. The standard InChI is InChI=1S/C33H50N8O8S/c1-21-14-17-40(25(19-21)31(45)36-15-5-3-4-11-29(44)49-41-27(42)12-13-28(41)43)32(46)24(9-7-16-37-33(34)35)39-50(47,48)26-10-6-8-23-18-22(2)20-38-30(23)26/h6,8,10,21-22,24-25,38-39H,3-5,7,9,11-20H2,1-2H3,(H,36,45)(H4,34,35,37)/t21?,22?,24-,25?/m0/s1. The third-order valence-corrected chi connectivity index (χ3v) is 10.7. The highest BCUT2D eigenvalue weighted by Crippen LogP contribution is 2.32. The number of carbonyl (C=O) groups excluding carboxylic acids is 5. The van der Waals surface area contributed by atoms with Crippen molar-refractivity contribution in [2.24, 2.45) is 28.3 Å². The van der Waals surface area contributed by atoms with Crippen molar-refractivity contribution in [2.75, 3.05) is 31.5 Å². The lowest BCUT2D eigenvalue weighted by Crippen LogP contribution is -2.58. The molecule has 0 saturated carbocycles. The quantitative estimate of drug-likeness (QED) is 0.0697. The number of sulfonamides is 1. The zero-order valence-electron chi connectivity index (χ0n) is 28.8. The second-order valence-electron chi connectivity index (χ2n) is 13.4. The lowest BCUT2D eigenvalue weighted by Gasteiger charge is -2.39. The van der Waals surface area contributed by atoms with E-state index in [2.05, 4.69) is 27.3 Å². The summed E-state index contributed by atoms with van der Waals surface area (Å²) in [6, 6.07) is 3.14. The Morgan fingerprint density at radius 1 is 1.06 bits per heavy atom. The van der Waals surface area contributed by atoms with Crippen LogP contribution in [0.5, 0.6) is 0 Å². The molecule has 4 rings (SSSR count). The van der Waals surface area contributed by atoms with Gasteiger partial charge < -0.3 is 31.8 Å². The van der Waals surface area contributed by atoms with Crippen molar-refractivity contribution in [1.29, 1.82) is 0 Å². The summed E-state index contributed by atoms with van der Waals surface area (Å²) in [7, 11) is -4.16. The molecule has 0 bridgehead atoms. The van der Waals surface area contributed by atoms with Gasteiger partial charge in [-0.25, -0.2) is 13.2 Å². The minimum atomic E-state index is -4.16. The van der Waals surface area contributed by atoms with E-state index in [1.54, 1.807) is 6.07 Å². The van der Waals surface area contributed by atoms with Crippen LogP contribution in [0.4, 0.5) is 5.69 Å². The number of benzene rings is 1. The lowest BCUT2D eigenvalue weighted by molar-refractivity contribution is -0.197. The number of anilines is 1. The Labute approximate surface area is 293 Å². The van der Waals surface area contributed by atoms with Gasteiger partial charge in [0, 0.05) is 45.4 Å². The van der Waals surface area contributed by atoms with Crippen LogP contribution in [0.1, 0.15) is 83.6 Å². The maximum absolute atomic E-state index is 14.2. The number of rotatable bonds is 16. The highest BCUT2D eigenvalue weighted by molar-refractivity contribution is 7.89. The van der Waals surface area contributed by atoms with Gasteiger partial charge in [-0.3, -0.25) is 24.2 Å². The Balaban J connectivity index is 1.38. The number of carbonyl (C=O) groups is 5. The van der Waals surface area contributed by atoms with E-state index in [0.717, 1.165) is 12.0 Å². The van der Waals surface area contributed by atoms with E-state index in [9.17, 15) is 32.4 Å². The molecule has 50 heavy (non-hydrogen) atoms. The van der Waals surface area contributed by atoms with Crippen LogP contribution in [-0.4, -0.2) is 92.2 Å². The second kappa shape index (κ2) is 17.6. The minimum Gasteiger partial charge on any atom is -0.383 e. The summed E-state index contributed by atoms with van der Waals surface area (Å²) in [5.41, 5.74) is 12.4. The number of hydrogen-bond donors (Lipinski definition) is 5. The molecule has 0 spiro atoms. The molecule has 0 radical (unpaired) electrons. The van der Waals surface area contributed by atoms with Crippen LogP contribution in [-0.2, 0) is 45.3 Å². The number of nitrogens with two attached hydrogens (primary N) is 2. The van der Waals surface area contributed by atoms with Gasteiger partial charge in [0.1, 0.15) is 17.0 Å². The van der Waals surface area contributed by atoms with Gasteiger partial charge >= 0.3 is 5.97 Å². The summed E-state index contributed by atoms with van der Waals surface area (Å²) in [6.07, 6.45) is 3.82. The molecule has 3 aliphatic heterocycles. The molecule has 3 heterocycles. The van der Waals surface area contributed by atoms with Crippen LogP contribution in [0.15, 0.2) is 28.1 Å². The summed E-state index contributed by atoms with van der Waals surface area (Å²) in [6.45, 7) is 5.49. The zero-order valence-corrected chi connectivity index (χ0v) is 29.6. The first kappa shape index (κ1) is 38.6. The maximum Gasteiger partial charge on any atom is 0.333 e. The van der Waals surface area contributed by atoms with Gasteiger partial charge in [-0.15, -0.1) is 5.06 Å². The highest BCUT2D eigenvalue weighted by atomic mass is 32.2. The van der Waals surface area contributed by atoms with E-state index in [1.807, 2.05) is 13.0 Å². The SMILES string of the molecule is CC1CNc2c(cccc2S(=O)(=O)N[C@@H](CCCN=C(N)N)C(=O)N2CCC(C)CC2C(=O)NCCCCCC(=O)ON2C(=O)CCC2=O)C1. The Hall–Kier alpha value is -4.25. The average Bonchev–Trinajstić information content (AvgIpc) is 3.38. The number of nitrogens with zero attached hydrogens (tertiary/aromatic N) is 3. The fourth-order valence-corrected chi connectivity index (χ4v) is 7.89. The minimum absolute atomic E-state index is 0.00881. The molecule has 1 aromatic rings. The van der Waals surface area contributed by atoms with E-state index < -0.39 is 45.8 Å². The van der Waals surface area contributed by atoms with Gasteiger partial charge in [0.2, 0.25) is 21.8 Å². The number of para-hydroxylation sites is 1. The maximum atomic E-state index is 14.2. The van der Waals surface area contributed by atoms with Crippen molar-refractivity contribution < 1.29 is 37.2 Å². The van der Waals surface area contributed by atoms with E-state index in [0.29, 0.717) is 68.3 Å². The highest BCUT2D eigenvalue weighted by Gasteiger charge is 2.39. The number of imide groups is 1. The van der Waals surface area contributed by atoms with E-state index in [4.69, 9.17) is 16.3 Å². The third kappa shape index (κ3) is 10.4. The predicted molar refractivity (Wildman–Crippen MR) is 184 cm³/mol. The van der Waals surface area contributed by atoms with Crippen LogP contribution >= 0.6 is 0 Å². The van der Waals surface area contributed by atoms with Crippen LogP contribution in [0, 0.1) is 11.8 Å². The van der Waals surface area contributed by atoms with Gasteiger partial charge in [-0.2, -0.15) is 4.72 Å². The molecular formula is C33H50N8O8S. The molecule has 0 aliphatic carbocycles. The Bertz CT molecular complexity index is 1550. The van der Waals surface area contributed by atoms with Crippen molar-refractivity contribution >= 4 is 51.3 Å². The molecule has 7 N–H and O–H groups in total. The molecule has 16 nitrogen and oxygen atoms in total. The van der Waals surface area contributed by atoms with Crippen LogP contribution in [0.25, 0.3) is 0 Å². The first-order valence-corrected chi connectivity index (χ1v) is 18.8. The van der Waals surface area contributed by atoms with Gasteiger partial charge in [0.25, 0.3) is 11.8 Å². The number of piperidine rings is 1. The third-order valence-electron chi connectivity index (χ3n) is 9.14. The number of unbranched alkanes of at least 4 members (excludes halogenated alkanes) is 2. The number of nitrogens with one attached hydrogen (secondary N) is 3. The summed E-state index contributed by atoms with van der Waals surface area (Å²) in [4.78, 5) is 73.3. The van der Waals surface area contributed by atoms with Gasteiger partial charge in [0.05, 0.1) is 5.69 Å². The van der Waals surface area contributed by atoms with Crippen LogP contribution < -0.4 is 26.8 Å². The topological polar surface area (TPSA) is 236 Å². The fourth-order valence-electron chi connectivity index (χ4n) is 6.44. The molecule has 4 amide bonds. The molecule has 0 aromatic heterocycles. The second-order valence-corrected chi connectivity index (χ2v) is 15.1. The number of likely N-dealkylation sites (tertiary alicyclic amines) is 1. The van der Waals surface area contributed by atoms with Crippen molar-refractivity contribution in [3.05, 3.63) is 23.8 Å². The van der Waals surface area contributed by atoms with E-state index in [1.165, 1.54) is 11.0 Å². The summed E-state index contributed by atoms with van der Waals surface area (Å²) in [5, 5.41) is 6.65. The first-order valence-electron chi connectivity index (χ1n) is 17.3. The predicted octanol–water partition coefficient (Wildman–Crippen LogP) is 0.902. The van der Waals surface area contributed by atoms with Crippen molar-refractivity contribution in [2.45, 2.75) is 101 Å². The van der Waals surface area contributed by atoms with E-state index >= 15 is 0 Å². The van der Waals surface area contributed by atoms with Crippen LogP contribution in [0.2, 0.25) is 0 Å².